The largest absolute Gasteiger partial charge is 0.334 e. The van der Waals surface area contributed by atoms with E-state index in [4.69, 9.17) is 23.2 Å². The van der Waals surface area contributed by atoms with Crippen LogP contribution < -0.4 is 11.2 Å². The SMILES string of the molecule is CCc1c(Cl)[nH]c(=O)n(-c2cccc(Cl)c2Br)c1=O. The van der Waals surface area contributed by atoms with Crippen LogP contribution in [0.15, 0.2) is 32.3 Å². The van der Waals surface area contributed by atoms with Crippen molar-refractivity contribution in [2.45, 2.75) is 13.3 Å². The Morgan fingerprint density at radius 3 is 2.63 bits per heavy atom. The van der Waals surface area contributed by atoms with Crippen LogP contribution in [0.4, 0.5) is 0 Å². The van der Waals surface area contributed by atoms with Crippen molar-refractivity contribution in [2.24, 2.45) is 0 Å². The summed E-state index contributed by atoms with van der Waals surface area (Å²) in [5.74, 6) is 0. The van der Waals surface area contributed by atoms with Gasteiger partial charge in [0.15, 0.2) is 0 Å². The maximum atomic E-state index is 12.3. The third-order valence-electron chi connectivity index (χ3n) is 2.67. The van der Waals surface area contributed by atoms with Gasteiger partial charge in [0, 0.05) is 0 Å². The third-order valence-corrected chi connectivity index (χ3v) is 4.37. The van der Waals surface area contributed by atoms with Gasteiger partial charge in [-0.15, -0.1) is 0 Å². The van der Waals surface area contributed by atoms with Gasteiger partial charge in [-0.05, 0) is 34.5 Å². The number of rotatable bonds is 2. The highest BCUT2D eigenvalue weighted by atomic mass is 79.9. The minimum absolute atomic E-state index is 0.0758. The Labute approximate surface area is 127 Å². The van der Waals surface area contributed by atoms with Crippen molar-refractivity contribution in [2.75, 3.05) is 0 Å². The van der Waals surface area contributed by atoms with Gasteiger partial charge < -0.3 is 0 Å². The third kappa shape index (κ3) is 2.50. The zero-order valence-corrected chi connectivity index (χ0v) is 12.9. The fourth-order valence-corrected chi connectivity index (χ4v) is 2.64. The molecule has 0 amide bonds. The van der Waals surface area contributed by atoms with Crippen molar-refractivity contribution >= 4 is 39.1 Å². The number of hydrogen-bond donors (Lipinski definition) is 1. The van der Waals surface area contributed by atoms with Crippen LogP contribution in [0.5, 0.6) is 0 Å². The number of benzene rings is 1. The Kier molecular flexibility index (Phi) is 4.18. The molecular formula is C12H9BrCl2N2O2. The molecule has 2 aromatic rings. The average Bonchev–Trinajstić information content (AvgIpc) is 2.34. The smallest absolute Gasteiger partial charge is 0.297 e. The first-order valence-corrected chi connectivity index (χ1v) is 7.00. The normalized spacial score (nSPS) is 10.7. The second-order valence-electron chi connectivity index (χ2n) is 3.79. The van der Waals surface area contributed by atoms with Gasteiger partial charge in [-0.25, -0.2) is 9.36 Å². The number of nitrogens with zero attached hydrogens (tertiary/aromatic N) is 1. The highest BCUT2D eigenvalue weighted by Crippen LogP contribution is 2.27. The van der Waals surface area contributed by atoms with Gasteiger partial charge in [-0.2, -0.15) is 0 Å². The van der Waals surface area contributed by atoms with Gasteiger partial charge in [-0.3, -0.25) is 9.78 Å². The summed E-state index contributed by atoms with van der Waals surface area (Å²) in [6.07, 6.45) is 0.423. The molecule has 0 radical (unpaired) electrons. The summed E-state index contributed by atoms with van der Waals surface area (Å²) in [6, 6.07) is 4.94. The van der Waals surface area contributed by atoms with Crippen LogP contribution in [0.25, 0.3) is 5.69 Å². The lowest BCUT2D eigenvalue weighted by molar-refractivity contribution is 0.839. The molecule has 1 aromatic carbocycles. The van der Waals surface area contributed by atoms with Crippen LogP contribution >= 0.6 is 39.1 Å². The molecule has 0 bridgehead atoms. The fraction of sp³-hybridized carbons (Fsp3) is 0.167. The molecule has 2 rings (SSSR count). The van der Waals surface area contributed by atoms with Crippen molar-refractivity contribution in [3.8, 4) is 5.69 Å². The Bertz CT molecular complexity index is 752. The lowest BCUT2D eigenvalue weighted by Crippen LogP contribution is -2.36. The van der Waals surface area contributed by atoms with Gasteiger partial charge in [0.2, 0.25) is 0 Å². The maximum Gasteiger partial charge on any atom is 0.334 e. The number of hydrogen-bond acceptors (Lipinski definition) is 2. The first-order valence-electron chi connectivity index (χ1n) is 5.45. The number of halogens is 3. The van der Waals surface area contributed by atoms with Crippen molar-refractivity contribution in [3.63, 3.8) is 0 Å². The van der Waals surface area contributed by atoms with E-state index in [2.05, 4.69) is 20.9 Å². The fourth-order valence-electron chi connectivity index (χ4n) is 1.74. The quantitative estimate of drug-likeness (QED) is 0.833. The predicted molar refractivity (Wildman–Crippen MR) is 79.8 cm³/mol. The van der Waals surface area contributed by atoms with Crippen molar-refractivity contribution in [1.82, 2.24) is 9.55 Å². The molecule has 0 spiro atoms. The van der Waals surface area contributed by atoms with Crippen LogP contribution in [-0.2, 0) is 6.42 Å². The standard InChI is InChI=1S/C12H9BrCl2N2O2/c1-2-6-10(15)16-12(19)17(11(6)18)8-5-3-4-7(14)9(8)13/h3-5H,2H2,1H3,(H,16,19). The second kappa shape index (κ2) is 5.53. The molecule has 0 aliphatic heterocycles. The molecule has 0 fully saturated rings. The van der Waals surface area contributed by atoms with Gasteiger partial charge in [0.25, 0.3) is 5.56 Å². The summed E-state index contributed by atoms with van der Waals surface area (Å²) in [5, 5.41) is 0.490. The van der Waals surface area contributed by atoms with Crippen molar-refractivity contribution in [1.29, 1.82) is 0 Å². The zero-order valence-electron chi connectivity index (χ0n) is 9.84. The number of H-pyrrole nitrogens is 1. The summed E-state index contributed by atoms with van der Waals surface area (Å²) >= 11 is 15.1. The summed E-state index contributed by atoms with van der Waals surface area (Å²) in [5.41, 5.74) is -0.312. The second-order valence-corrected chi connectivity index (χ2v) is 5.37. The van der Waals surface area contributed by atoms with Crippen molar-refractivity contribution < 1.29 is 0 Å². The molecule has 0 unspecified atom stereocenters. The van der Waals surface area contributed by atoms with E-state index in [1.807, 2.05) is 0 Å². The van der Waals surface area contributed by atoms with Gasteiger partial charge in [0.05, 0.1) is 20.7 Å². The Morgan fingerprint density at radius 1 is 1.32 bits per heavy atom. The molecule has 1 aromatic heterocycles. The Morgan fingerprint density at radius 2 is 2.00 bits per heavy atom. The number of aromatic amines is 1. The molecule has 0 aliphatic rings. The van der Waals surface area contributed by atoms with E-state index in [1.165, 1.54) is 0 Å². The van der Waals surface area contributed by atoms with E-state index < -0.39 is 11.2 Å². The van der Waals surface area contributed by atoms with Crippen LogP contribution in [0.3, 0.4) is 0 Å². The summed E-state index contributed by atoms with van der Waals surface area (Å²) in [6.45, 7) is 1.79. The van der Waals surface area contributed by atoms with Crippen LogP contribution in [0.2, 0.25) is 10.2 Å². The summed E-state index contributed by atoms with van der Waals surface area (Å²) < 4.78 is 1.49. The van der Waals surface area contributed by atoms with Crippen LogP contribution in [-0.4, -0.2) is 9.55 Å². The molecular weight excluding hydrogens is 355 g/mol. The minimum atomic E-state index is -0.602. The lowest BCUT2D eigenvalue weighted by Gasteiger charge is -2.10. The van der Waals surface area contributed by atoms with E-state index in [1.54, 1.807) is 25.1 Å². The molecule has 100 valence electrons. The zero-order chi connectivity index (χ0) is 14.2. The van der Waals surface area contributed by atoms with Crippen LogP contribution in [0.1, 0.15) is 12.5 Å². The molecule has 1 heterocycles. The molecule has 0 saturated carbocycles. The molecule has 1 N–H and O–H groups in total. The predicted octanol–water partition coefficient (Wildman–Crippen LogP) is 3.16. The summed E-state index contributed by atoms with van der Waals surface area (Å²) in [7, 11) is 0. The highest BCUT2D eigenvalue weighted by Gasteiger charge is 2.15. The molecule has 0 aliphatic carbocycles. The minimum Gasteiger partial charge on any atom is -0.297 e. The molecule has 19 heavy (non-hydrogen) atoms. The topological polar surface area (TPSA) is 54.9 Å². The number of nitrogens with one attached hydrogen (secondary N) is 1. The van der Waals surface area contributed by atoms with E-state index in [-0.39, 0.29) is 5.15 Å². The van der Waals surface area contributed by atoms with E-state index in [9.17, 15) is 9.59 Å². The average molecular weight is 364 g/mol. The number of aromatic nitrogens is 2. The van der Waals surface area contributed by atoms with Gasteiger partial charge >= 0.3 is 5.69 Å². The molecule has 7 heteroatoms. The van der Waals surface area contributed by atoms with Gasteiger partial charge in [-0.1, -0.05) is 36.2 Å². The first kappa shape index (κ1) is 14.4. The molecule has 0 saturated heterocycles. The first-order chi connectivity index (χ1) is 8.97. The Balaban J connectivity index is 2.88. The summed E-state index contributed by atoms with van der Waals surface area (Å²) in [4.78, 5) is 26.7. The van der Waals surface area contributed by atoms with E-state index in [0.717, 1.165) is 4.57 Å². The van der Waals surface area contributed by atoms with Crippen LogP contribution in [0, 0.1) is 0 Å². The van der Waals surface area contributed by atoms with E-state index in [0.29, 0.717) is 27.2 Å². The van der Waals surface area contributed by atoms with Crippen molar-refractivity contribution in [3.05, 3.63) is 59.2 Å². The molecule has 4 nitrogen and oxygen atoms in total. The highest BCUT2D eigenvalue weighted by molar-refractivity contribution is 9.10. The lowest BCUT2D eigenvalue weighted by atomic mass is 10.2. The molecule has 0 atom stereocenters. The van der Waals surface area contributed by atoms with Gasteiger partial charge in [0.1, 0.15) is 5.15 Å². The monoisotopic (exact) mass is 362 g/mol. The van der Waals surface area contributed by atoms with E-state index >= 15 is 0 Å². The Hall–Kier alpha value is -1.04. The maximum absolute atomic E-state index is 12.3.